The molecule has 0 atom stereocenters. The summed E-state index contributed by atoms with van der Waals surface area (Å²) in [5.41, 5.74) is 8.43. The Morgan fingerprint density at radius 3 is 2.44 bits per heavy atom. The number of benzene rings is 1. The molecule has 4 nitrogen and oxygen atoms in total. The number of nitrogens with two attached hydrogens (primary N) is 1. The molecule has 0 aliphatic rings. The molecule has 5 heteroatoms. The van der Waals surface area contributed by atoms with Crippen LogP contribution in [0.5, 0.6) is 0 Å². The Morgan fingerprint density at radius 2 is 1.94 bits per heavy atom. The number of nitrogens with zero attached hydrogens (tertiary/aromatic N) is 2. The van der Waals surface area contributed by atoms with Crippen LogP contribution in [0.15, 0.2) is 41.5 Å². The molecule has 0 saturated carbocycles. The molecule has 84 valence electrons. The van der Waals surface area contributed by atoms with Crippen molar-refractivity contribution in [2.24, 2.45) is 10.7 Å². The van der Waals surface area contributed by atoms with Crippen molar-refractivity contribution in [3.63, 3.8) is 0 Å². The van der Waals surface area contributed by atoms with E-state index >= 15 is 0 Å². The number of halogens is 1. The zero-order valence-electron chi connectivity index (χ0n) is 8.84. The standard InChI is InChI=1S/C11H12N4.BrH/c1-8(12)14-10-4-2-9(3-5-10)11-6-7-13-15-11;/h2-7H,1H3,(H2,12,14)(H,13,15);1H. The van der Waals surface area contributed by atoms with Crippen molar-refractivity contribution >= 4 is 28.5 Å². The number of nitrogens with one attached hydrogen (secondary N) is 1. The van der Waals surface area contributed by atoms with Crippen molar-refractivity contribution in [3.8, 4) is 11.3 Å². The fourth-order valence-electron chi connectivity index (χ4n) is 1.34. The van der Waals surface area contributed by atoms with Crippen LogP contribution in [-0.4, -0.2) is 16.0 Å². The predicted molar refractivity (Wildman–Crippen MR) is 71.3 cm³/mol. The second kappa shape index (κ2) is 5.46. The average molecular weight is 281 g/mol. The first-order valence-electron chi connectivity index (χ1n) is 4.66. The third-order valence-corrected chi connectivity index (χ3v) is 1.98. The van der Waals surface area contributed by atoms with E-state index in [1.54, 1.807) is 13.1 Å². The lowest BCUT2D eigenvalue weighted by atomic mass is 10.1. The number of aromatic nitrogens is 2. The molecule has 0 fully saturated rings. The van der Waals surface area contributed by atoms with Gasteiger partial charge in [-0.15, -0.1) is 17.0 Å². The van der Waals surface area contributed by atoms with Crippen LogP contribution in [0.25, 0.3) is 11.3 Å². The molecule has 0 saturated heterocycles. The SMILES string of the molecule is Br.CC(N)=Nc1ccc(-c2ccn[nH]2)cc1. The minimum absolute atomic E-state index is 0. The highest BCUT2D eigenvalue weighted by molar-refractivity contribution is 8.93. The third kappa shape index (κ3) is 2.93. The van der Waals surface area contributed by atoms with Gasteiger partial charge in [0.1, 0.15) is 0 Å². The summed E-state index contributed by atoms with van der Waals surface area (Å²) in [7, 11) is 0. The van der Waals surface area contributed by atoms with Gasteiger partial charge in [0.2, 0.25) is 0 Å². The summed E-state index contributed by atoms with van der Waals surface area (Å²) in [6.45, 7) is 1.77. The molecule has 1 aromatic carbocycles. The highest BCUT2D eigenvalue weighted by Gasteiger charge is 1.97. The van der Waals surface area contributed by atoms with Crippen molar-refractivity contribution in [1.82, 2.24) is 10.2 Å². The van der Waals surface area contributed by atoms with E-state index in [1.165, 1.54) is 0 Å². The molecular formula is C11H13BrN4. The number of amidine groups is 1. The van der Waals surface area contributed by atoms with E-state index in [-0.39, 0.29) is 17.0 Å². The summed E-state index contributed by atoms with van der Waals surface area (Å²) < 4.78 is 0. The molecule has 16 heavy (non-hydrogen) atoms. The van der Waals surface area contributed by atoms with Gasteiger partial charge in [-0.05, 0) is 30.7 Å². The number of rotatable bonds is 2. The van der Waals surface area contributed by atoms with Crippen LogP contribution in [0.4, 0.5) is 5.69 Å². The number of hydrogen-bond acceptors (Lipinski definition) is 2. The summed E-state index contributed by atoms with van der Waals surface area (Å²) in [6.07, 6.45) is 1.73. The van der Waals surface area contributed by atoms with Crippen molar-refractivity contribution < 1.29 is 0 Å². The van der Waals surface area contributed by atoms with Gasteiger partial charge in [0, 0.05) is 6.20 Å². The summed E-state index contributed by atoms with van der Waals surface area (Å²) >= 11 is 0. The summed E-state index contributed by atoms with van der Waals surface area (Å²) in [4.78, 5) is 4.15. The first kappa shape index (κ1) is 12.4. The van der Waals surface area contributed by atoms with Gasteiger partial charge in [-0.3, -0.25) is 5.10 Å². The fraction of sp³-hybridized carbons (Fsp3) is 0.0909. The van der Waals surface area contributed by atoms with E-state index in [0.29, 0.717) is 5.84 Å². The van der Waals surface area contributed by atoms with Gasteiger partial charge >= 0.3 is 0 Å². The molecule has 0 aliphatic heterocycles. The zero-order valence-corrected chi connectivity index (χ0v) is 10.6. The Morgan fingerprint density at radius 1 is 1.25 bits per heavy atom. The van der Waals surface area contributed by atoms with Crippen LogP contribution in [0, 0.1) is 0 Å². The highest BCUT2D eigenvalue weighted by atomic mass is 79.9. The van der Waals surface area contributed by atoms with Gasteiger partial charge in [0.15, 0.2) is 0 Å². The Hall–Kier alpha value is -1.62. The normalized spacial score (nSPS) is 10.9. The van der Waals surface area contributed by atoms with E-state index in [9.17, 15) is 0 Å². The lowest BCUT2D eigenvalue weighted by molar-refractivity contribution is 1.10. The Balaban J connectivity index is 0.00000128. The van der Waals surface area contributed by atoms with Gasteiger partial charge in [-0.1, -0.05) is 12.1 Å². The molecule has 3 N–H and O–H groups in total. The molecule has 1 heterocycles. The Labute approximate surface area is 104 Å². The number of aromatic amines is 1. The maximum absolute atomic E-state index is 5.49. The first-order chi connectivity index (χ1) is 7.25. The van der Waals surface area contributed by atoms with E-state index in [0.717, 1.165) is 16.9 Å². The largest absolute Gasteiger partial charge is 0.387 e. The minimum Gasteiger partial charge on any atom is -0.387 e. The monoisotopic (exact) mass is 280 g/mol. The second-order valence-electron chi connectivity index (χ2n) is 3.27. The van der Waals surface area contributed by atoms with Crippen molar-refractivity contribution in [2.45, 2.75) is 6.92 Å². The second-order valence-corrected chi connectivity index (χ2v) is 3.27. The van der Waals surface area contributed by atoms with Gasteiger partial charge in [-0.2, -0.15) is 5.10 Å². The van der Waals surface area contributed by atoms with E-state index in [1.807, 2.05) is 30.3 Å². The van der Waals surface area contributed by atoms with Gasteiger partial charge in [-0.25, -0.2) is 4.99 Å². The van der Waals surface area contributed by atoms with Crippen LogP contribution in [0.1, 0.15) is 6.92 Å². The number of hydrogen-bond donors (Lipinski definition) is 2. The average Bonchev–Trinajstić information content (AvgIpc) is 2.71. The van der Waals surface area contributed by atoms with Crippen LogP contribution in [0.2, 0.25) is 0 Å². The first-order valence-corrected chi connectivity index (χ1v) is 4.66. The third-order valence-electron chi connectivity index (χ3n) is 1.98. The molecule has 0 aliphatic carbocycles. The maximum Gasteiger partial charge on any atom is 0.0964 e. The molecule has 2 rings (SSSR count). The molecule has 0 bridgehead atoms. The summed E-state index contributed by atoms with van der Waals surface area (Å²) in [5, 5.41) is 6.80. The molecule has 1 aromatic heterocycles. The summed E-state index contributed by atoms with van der Waals surface area (Å²) in [5.74, 6) is 0.560. The van der Waals surface area contributed by atoms with Gasteiger partial charge in [0.25, 0.3) is 0 Å². The van der Waals surface area contributed by atoms with Gasteiger partial charge in [0.05, 0.1) is 17.2 Å². The number of H-pyrrole nitrogens is 1. The topological polar surface area (TPSA) is 67.1 Å². The predicted octanol–water partition coefficient (Wildman–Crippen LogP) is 2.66. The minimum atomic E-state index is 0. The van der Waals surface area contributed by atoms with Crippen molar-refractivity contribution in [3.05, 3.63) is 36.5 Å². The van der Waals surface area contributed by atoms with E-state index < -0.39 is 0 Å². The van der Waals surface area contributed by atoms with E-state index in [2.05, 4.69) is 15.2 Å². The lowest BCUT2D eigenvalue weighted by Crippen LogP contribution is -2.03. The molecule has 0 radical (unpaired) electrons. The maximum atomic E-state index is 5.49. The van der Waals surface area contributed by atoms with Crippen molar-refractivity contribution in [1.29, 1.82) is 0 Å². The fourth-order valence-corrected chi connectivity index (χ4v) is 1.34. The van der Waals surface area contributed by atoms with Crippen LogP contribution in [-0.2, 0) is 0 Å². The quantitative estimate of drug-likeness (QED) is 0.656. The zero-order chi connectivity index (χ0) is 10.7. The highest BCUT2D eigenvalue weighted by Crippen LogP contribution is 2.20. The number of aliphatic imine (C=N–C) groups is 1. The Kier molecular flexibility index (Phi) is 4.25. The molecular weight excluding hydrogens is 268 g/mol. The van der Waals surface area contributed by atoms with Crippen LogP contribution >= 0.6 is 17.0 Å². The van der Waals surface area contributed by atoms with E-state index in [4.69, 9.17) is 5.73 Å². The van der Waals surface area contributed by atoms with Crippen LogP contribution < -0.4 is 5.73 Å². The smallest absolute Gasteiger partial charge is 0.0964 e. The van der Waals surface area contributed by atoms with Gasteiger partial charge < -0.3 is 5.73 Å². The molecule has 0 unspecified atom stereocenters. The lowest BCUT2D eigenvalue weighted by Gasteiger charge is -1.98. The summed E-state index contributed by atoms with van der Waals surface area (Å²) in [6, 6.07) is 9.73. The Bertz CT molecular complexity index is 455. The molecule has 0 amide bonds. The van der Waals surface area contributed by atoms with Crippen LogP contribution in [0.3, 0.4) is 0 Å². The molecule has 0 spiro atoms. The van der Waals surface area contributed by atoms with Crippen molar-refractivity contribution in [2.75, 3.05) is 0 Å². The molecule has 2 aromatic rings.